The molecule has 1 amide bonds. The van der Waals surface area contributed by atoms with Crippen LogP contribution in [0.25, 0.3) is 0 Å². The second-order valence-corrected chi connectivity index (χ2v) is 5.58. The molecule has 3 heteroatoms. The molecule has 3 nitrogen and oxygen atoms in total. The van der Waals surface area contributed by atoms with Crippen molar-refractivity contribution in [2.24, 2.45) is 5.92 Å². The topological polar surface area (TPSA) is 38.3 Å². The van der Waals surface area contributed by atoms with Crippen LogP contribution in [0.2, 0.25) is 0 Å². The Bertz CT molecular complexity index is 450. The van der Waals surface area contributed by atoms with Gasteiger partial charge in [0.15, 0.2) is 0 Å². The highest BCUT2D eigenvalue weighted by Gasteiger charge is 2.24. The van der Waals surface area contributed by atoms with E-state index in [0.29, 0.717) is 12.5 Å². The molecule has 1 N–H and O–H groups in total. The molecule has 1 aliphatic carbocycles. The first-order chi connectivity index (χ1) is 9.11. The third-order valence-corrected chi connectivity index (χ3v) is 3.86. The average Bonchev–Trinajstić information content (AvgIpc) is 2.33. The number of amides is 1. The van der Waals surface area contributed by atoms with Gasteiger partial charge in [0, 0.05) is 12.5 Å². The lowest BCUT2D eigenvalue weighted by Gasteiger charge is -2.24. The summed E-state index contributed by atoms with van der Waals surface area (Å²) in [5, 5.41) is 3.02. The summed E-state index contributed by atoms with van der Waals surface area (Å²) in [5.74, 6) is 1.79. The third-order valence-electron chi connectivity index (χ3n) is 3.86. The molecule has 1 aromatic rings. The van der Waals surface area contributed by atoms with Crippen LogP contribution in [0.1, 0.15) is 50.2 Å². The predicted octanol–water partition coefficient (Wildman–Crippen LogP) is 3.23. The van der Waals surface area contributed by atoms with Crippen molar-refractivity contribution in [1.29, 1.82) is 0 Å². The summed E-state index contributed by atoms with van der Waals surface area (Å²) in [4.78, 5) is 11.8. The fraction of sp³-hybridized carbons (Fsp3) is 0.562. The summed E-state index contributed by atoms with van der Waals surface area (Å²) < 4.78 is 5.36. The molecule has 1 fully saturated rings. The van der Waals surface area contributed by atoms with Crippen molar-refractivity contribution in [3.63, 3.8) is 0 Å². The number of rotatable bonds is 5. The first-order valence-corrected chi connectivity index (χ1v) is 7.06. The van der Waals surface area contributed by atoms with Crippen LogP contribution in [0.15, 0.2) is 18.2 Å². The maximum absolute atomic E-state index is 11.8. The number of carbonyl (C=O) groups excluding carboxylic acids is 1. The van der Waals surface area contributed by atoms with Crippen molar-refractivity contribution in [1.82, 2.24) is 5.32 Å². The summed E-state index contributed by atoms with van der Waals surface area (Å²) in [6.07, 6.45) is 3.29. The van der Waals surface area contributed by atoms with Gasteiger partial charge >= 0.3 is 0 Å². The maximum atomic E-state index is 11.8. The van der Waals surface area contributed by atoms with Crippen molar-refractivity contribution in [2.75, 3.05) is 7.11 Å². The zero-order valence-electron chi connectivity index (χ0n) is 12.0. The van der Waals surface area contributed by atoms with Crippen LogP contribution >= 0.6 is 0 Å². The van der Waals surface area contributed by atoms with Gasteiger partial charge in [-0.05, 0) is 36.0 Å². The Balaban J connectivity index is 2.00. The molecular formula is C16H23NO2. The fourth-order valence-electron chi connectivity index (χ4n) is 2.35. The van der Waals surface area contributed by atoms with E-state index in [-0.39, 0.29) is 11.8 Å². The molecule has 0 aliphatic heterocycles. The van der Waals surface area contributed by atoms with Gasteiger partial charge in [0.25, 0.3) is 0 Å². The quantitative estimate of drug-likeness (QED) is 0.883. The standard InChI is InChI=1S/C16H23NO2/c1-11(2)14-9-12(7-8-15(14)19-3)10-17-16(18)13-5-4-6-13/h7-9,11,13H,4-6,10H2,1-3H3,(H,17,18). The lowest BCUT2D eigenvalue weighted by molar-refractivity contribution is -0.127. The molecule has 1 saturated carbocycles. The van der Waals surface area contributed by atoms with Crippen LogP contribution in [-0.2, 0) is 11.3 Å². The Kier molecular flexibility index (Phi) is 4.46. The molecule has 0 unspecified atom stereocenters. The lowest BCUT2D eigenvalue weighted by atomic mass is 9.85. The second kappa shape index (κ2) is 6.09. The molecule has 2 rings (SSSR count). The molecule has 1 aliphatic rings. The van der Waals surface area contributed by atoms with Gasteiger partial charge in [-0.3, -0.25) is 4.79 Å². The maximum Gasteiger partial charge on any atom is 0.223 e. The van der Waals surface area contributed by atoms with Gasteiger partial charge in [-0.25, -0.2) is 0 Å². The Morgan fingerprint density at radius 2 is 2.16 bits per heavy atom. The molecule has 1 aromatic carbocycles. The molecular weight excluding hydrogens is 238 g/mol. The highest BCUT2D eigenvalue weighted by Crippen LogP contribution is 2.28. The van der Waals surface area contributed by atoms with E-state index in [1.165, 1.54) is 12.0 Å². The van der Waals surface area contributed by atoms with Crippen molar-refractivity contribution in [3.8, 4) is 5.75 Å². The van der Waals surface area contributed by atoms with Gasteiger partial charge in [-0.1, -0.05) is 32.4 Å². The zero-order chi connectivity index (χ0) is 13.8. The Morgan fingerprint density at radius 3 is 2.68 bits per heavy atom. The van der Waals surface area contributed by atoms with Crippen LogP contribution in [0.5, 0.6) is 5.75 Å². The number of nitrogens with one attached hydrogen (secondary N) is 1. The smallest absolute Gasteiger partial charge is 0.223 e. The largest absolute Gasteiger partial charge is 0.496 e. The SMILES string of the molecule is COc1ccc(CNC(=O)C2CCC2)cc1C(C)C. The van der Waals surface area contributed by atoms with E-state index >= 15 is 0 Å². The van der Waals surface area contributed by atoms with Crippen molar-refractivity contribution >= 4 is 5.91 Å². The van der Waals surface area contributed by atoms with Gasteiger partial charge in [0.05, 0.1) is 7.11 Å². The Morgan fingerprint density at radius 1 is 1.42 bits per heavy atom. The first-order valence-electron chi connectivity index (χ1n) is 7.06. The Labute approximate surface area is 115 Å². The third kappa shape index (κ3) is 3.28. The number of hydrogen-bond acceptors (Lipinski definition) is 2. The monoisotopic (exact) mass is 261 g/mol. The second-order valence-electron chi connectivity index (χ2n) is 5.58. The summed E-state index contributed by atoms with van der Waals surface area (Å²) in [6, 6.07) is 6.14. The van der Waals surface area contributed by atoms with E-state index < -0.39 is 0 Å². The predicted molar refractivity (Wildman–Crippen MR) is 76.3 cm³/mol. The molecule has 0 saturated heterocycles. The molecule has 0 aromatic heterocycles. The zero-order valence-corrected chi connectivity index (χ0v) is 12.0. The molecule has 0 heterocycles. The highest BCUT2D eigenvalue weighted by atomic mass is 16.5. The van der Waals surface area contributed by atoms with Gasteiger partial charge in [-0.2, -0.15) is 0 Å². The van der Waals surface area contributed by atoms with Crippen LogP contribution < -0.4 is 10.1 Å². The first kappa shape index (κ1) is 13.9. The molecule has 0 bridgehead atoms. The van der Waals surface area contributed by atoms with E-state index in [1.54, 1.807) is 7.11 Å². The van der Waals surface area contributed by atoms with E-state index in [1.807, 2.05) is 12.1 Å². The lowest BCUT2D eigenvalue weighted by Crippen LogP contribution is -2.33. The molecule has 104 valence electrons. The van der Waals surface area contributed by atoms with Crippen LogP contribution in [0.3, 0.4) is 0 Å². The van der Waals surface area contributed by atoms with Crippen molar-refractivity contribution in [3.05, 3.63) is 29.3 Å². The minimum absolute atomic E-state index is 0.202. The van der Waals surface area contributed by atoms with Gasteiger partial charge < -0.3 is 10.1 Å². The minimum atomic E-state index is 0.202. The number of hydrogen-bond donors (Lipinski definition) is 1. The van der Waals surface area contributed by atoms with Gasteiger partial charge in [0.1, 0.15) is 5.75 Å². The average molecular weight is 261 g/mol. The summed E-state index contributed by atoms with van der Waals surface area (Å²) in [7, 11) is 1.69. The van der Waals surface area contributed by atoms with E-state index in [0.717, 1.165) is 24.2 Å². The van der Waals surface area contributed by atoms with Crippen LogP contribution in [0, 0.1) is 5.92 Å². The number of benzene rings is 1. The minimum Gasteiger partial charge on any atom is -0.496 e. The molecule has 0 spiro atoms. The normalized spacial score (nSPS) is 15.2. The molecule has 19 heavy (non-hydrogen) atoms. The van der Waals surface area contributed by atoms with Crippen molar-refractivity contribution < 1.29 is 9.53 Å². The van der Waals surface area contributed by atoms with Crippen LogP contribution in [-0.4, -0.2) is 13.0 Å². The molecule has 0 radical (unpaired) electrons. The van der Waals surface area contributed by atoms with Crippen molar-refractivity contribution in [2.45, 2.75) is 45.6 Å². The number of methoxy groups -OCH3 is 1. The van der Waals surface area contributed by atoms with Crippen LogP contribution in [0.4, 0.5) is 0 Å². The summed E-state index contributed by atoms with van der Waals surface area (Å²) in [6.45, 7) is 4.90. The van der Waals surface area contributed by atoms with E-state index in [2.05, 4.69) is 25.2 Å². The van der Waals surface area contributed by atoms with Gasteiger partial charge in [0.2, 0.25) is 5.91 Å². The fourth-order valence-corrected chi connectivity index (χ4v) is 2.35. The molecule has 0 atom stereocenters. The van der Waals surface area contributed by atoms with E-state index in [9.17, 15) is 4.79 Å². The summed E-state index contributed by atoms with van der Waals surface area (Å²) in [5.41, 5.74) is 2.33. The number of carbonyl (C=O) groups is 1. The number of ether oxygens (including phenoxy) is 1. The van der Waals surface area contributed by atoms with Gasteiger partial charge in [-0.15, -0.1) is 0 Å². The summed E-state index contributed by atoms with van der Waals surface area (Å²) >= 11 is 0. The van der Waals surface area contributed by atoms with E-state index in [4.69, 9.17) is 4.74 Å². The highest BCUT2D eigenvalue weighted by molar-refractivity contribution is 5.79. The Hall–Kier alpha value is -1.51.